The minimum Gasteiger partial charge on any atom is -0.388 e. The summed E-state index contributed by atoms with van der Waals surface area (Å²) >= 11 is 5.98. The molecule has 29 heavy (non-hydrogen) atoms. The lowest BCUT2D eigenvalue weighted by Crippen LogP contribution is -2.60. The summed E-state index contributed by atoms with van der Waals surface area (Å²) in [6.45, 7) is 1.81. The monoisotopic (exact) mass is 431 g/mol. The Bertz CT molecular complexity index is 1020. The summed E-state index contributed by atoms with van der Waals surface area (Å²) in [4.78, 5) is 37.0. The Balaban J connectivity index is 1.67. The zero-order chi connectivity index (χ0) is 21.3. The lowest BCUT2D eigenvalue weighted by atomic mass is 9.97. The lowest BCUT2D eigenvalue weighted by Gasteiger charge is -2.37. The quantitative estimate of drug-likeness (QED) is 0.448. The van der Waals surface area contributed by atoms with Gasteiger partial charge in [-0.3, -0.25) is 23.8 Å². The van der Waals surface area contributed by atoms with Crippen molar-refractivity contribution in [3.63, 3.8) is 0 Å². The van der Waals surface area contributed by atoms with Gasteiger partial charge in [0.15, 0.2) is 5.69 Å². The normalized spacial score (nSPS) is 24.4. The number of hydrogen-bond donors (Lipinski definition) is 4. The summed E-state index contributed by atoms with van der Waals surface area (Å²) in [5.41, 5.74) is -2.09. The van der Waals surface area contributed by atoms with Crippen molar-refractivity contribution in [2.45, 2.75) is 44.4 Å². The van der Waals surface area contributed by atoms with Gasteiger partial charge in [-0.05, 0) is 6.92 Å². The molecule has 1 amide bonds. The van der Waals surface area contributed by atoms with Gasteiger partial charge in [-0.25, -0.2) is 4.79 Å². The van der Waals surface area contributed by atoms with Crippen LogP contribution in [0.2, 0.25) is 5.02 Å². The summed E-state index contributed by atoms with van der Waals surface area (Å²) in [7, 11) is 0. The SMILES string of the molecule is CCn1cc(Cl)c(C(=O)N[C@@H]2CO[C@H](Cn3cc(F)c(=O)[nH]c3=O)[C@@H](O)[C@H]2O)n1. The van der Waals surface area contributed by atoms with Crippen molar-refractivity contribution in [2.24, 2.45) is 0 Å². The molecule has 0 aromatic carbocycles. The van der Waals surface area contributed by atoms with Gasteiger partial charge in [-0.15, -0.1) is 0 Å². The average molecular weight is 432 g/mol. The number of hydrogen-bond acceptors (Lipinski definition) is 7. The Morgan fingerprint density at radius 3 is 2.79 bits per heavy atom. The predicted octanol–water partition coefficient (Wildman–Crippen LogP) is -1.54. The van der Waals surface area contributed by atoms with E-state index in [9.17, 15) is 29.0 Å². The largest absolute Gasteiger partial charge is 0.388 e. The molecule has 1 aliphatic rings. The zero-order valence-corrected chi connectivity index (χ0v) is 16.0. The van der Waals surface area contributed by atoms with Crippen LogP contribution in [-0.2, 0) is 17.8 Å². The third kappa shape index (κ3) is 4.40. The Labute approximate surface area is 167 Å². The molecule has 1 fully saturated rings. The number of halogens is 2. The van der Waals surface area contributed by atoms with Crippen LogP contribution in [-0.4, -0.2) is 66.4 Å². The number of nitrogens with zero attached hydrogens (tertiary/aromatic N) is 3. The van der Waals surface area contributed by atoms with Crippen LogP contribution in [0, 0.1) is 5.82 Å². The van der Waals surface area contributed by atoms with Gasteiger partial charge in [0.1, 0.15) is 18.3 Å². The molecule has 2 aromatic heterocycles. The maximum Gasteiger partial charge on any atom is 0.328 e. The van der Waals surface area contributed by atoms with Crippen molar-refractivity contribution in [1.29, 1.82) is 0 Å². The second-order valence-corrected chi connectivity index (χ2v) is 6.91. The molecule has 13 heteroatoms. The highest BCUT2D eigenvalue weighted by Gasteiger charge is 2.40. The molecule has 4 N–H and O–H groups in total. The van der Waals surface area contributed by atoms with Crippen LogP contribution in [0.1, 0.15) is 17.4 Å². The van der Waals surface area contributed by atoms with Gasteiger partial charge in [0.2, 0.25) is 5.82 Å². The van der Waals surface area contributed by atoms with Gasteiger partial charge in [0.25, 0.3) is 11.5 Å². The highest BCUT2D eigenvalue weighted by molar-refractivity contribution is 6.33. The number of aryl methyl sites for hydroxylation is 1. The van der Waals surface area contributed by atoms with Gasteiger partial charge in [-0.2, -0.15) is 9.49 Å². The maximum atomic E-state index is 13.4. The zero-order valence-electron chi connectivity index (χ0n) is 15.2. The molecular weight excluding hydrogens is 413 g/mol. The number of rotatable bonds is 5. The highest BCUT2D eigenvalue weighted by atomic mass is 35.5. The van der Waals surface area contributed by atoms with Gasteiger partial charge < -0.3 is 20.3 Å². The van der Waals surface area contributed by atoms with Crippen LogP contribution < -0.4 is 16.6 Å². The number of aromatic amines is 1. The molecule has 0 unspecified atom stereocenters. The van der Waals surface area contributed by atoms with E-state index in [0.717, 1.165) is 4.57 Å². The Hall–Kier alpha value is -2.54. The fourth-order valence-corrected chi connectivity index (χ4v) is 3.17. The third-order valence-corrected chi connectivity index (χ3v) is 4.83. The number of carbonyl (C=O) groups is 1. The van der Waals surface area contributed by atoms with Crippen molar-refractivity contribution >= 4 is 17.5 Å². The van der Waals surface area contributed by atoms with Crippen LogP contribution in [0.15, 0.2) is 22.0 Å². The van der Waals surface area contributed by atoms with Crippen LogP contribution in [0.3, 0.4) is 0 Å². The molecule has 0 bridgehead atoms. The van der Waals surface area contributed by atoms with Crippen LogP contribution in [0.5, 0.6) is 0 Å². The number of aliphatic hydroxyl groups is 2. The molecular formula is C16H19ClFN5O6. The van der Waals surface area contributed by atoms with E-state index in [2.05, 4.69) is 10.4 Å². The van der Waals surface area contributed by atoms with Gasteiger partial charge in [0.05, 0.1) is 30.4 Å². The van der Waals surface area contributed by atoms with Crippen molar-refractivity contribution in [2.75, 3.05) is 6.61 Å². The third-order valence-electron chi connectivity index (χ3n) is 4.55. The van der Waals surface area contributed by atoms with Crippen molar-refractivity contribution in [3.05, 3.63) is 49.8 Å². The molecule has 11 nitrogen and oxygen atoms in total. The van der Waals surface area contributed by atoms with Crippen molar-refractivity contribution in [3.8, 4) is 0 Å². The van der Waals surface area contributed by atoms with Crippen molar-refractivity contribution < 1.29 is 24.1 Å². The first-order valence-corrected chi connectivity index (χ1v) is 9.09. The molecule has 2 aromatic rings. The fourth-order valence-electron chi connectivity index (χ4n) is 2.93. The molecule has 1 saturated heterocycles. The number of carbonyl (C=O) groups excluding carboxylic acids is 1. The van der Waals surface area contributed by atoms with Gasteiger partial charge in [0, 0.05) is 12.7 Å². The molecule has 0 radical (unpaired) electrons. The van der Waals surface area contributed by atoms with E-state index in [0.29, 0.717) is 12.7 Å². The van der Waals surface area contributed by atoms with Gasteiger partial charge in [-0.1, -0.05) is 11.6 Å². The number of aliphatic hydroxyl groups excluding tert-OH is 2. The number of nitrogens with one attached hydrogen (secondary N) is 2. The van der Waals surface area contributed by atoms with E-state index in [1.807, 2.05) is 6.92 Å². The molecule has 4 atom stereocenters. The first kappa shape index (κ1) is 21.2. The summed E-state index contributed by atoms with van der Waals surface area (Å²) in [5, 5.41) is 27.3. The first-order valence-electron chi connectivity index (χ1n) is 8.72. The summed E-state index contributed by atoms with van der Waals surface area (Å²) in [5.74, 6) is -1.83. The smallest absolute Gasteiger partial charge is 0.328 e. The predicted molar refractivity (Wildman–Crippen MR) is 97.2 cm³/mol. The molecule has 3 rings (SSSR count). The first-order chi connectivity index (χ1) is 13.7. The Kier molecular flexibility index (Phi) is 6.17. The highest BCUT2D eigenvalue weighted by Crippen LogP contribution is 2.19. The van der Waals surface area contributed by atoms with Crippen LogP contribution >= 0.6 is 11.6 Å². The fraction of sp³-hybridized carbons (Fsp3) is 0.500. The van der Waals surface area contributed by atoms with Gasteiger partial charge >= 0.3 is 5.69 Å². The standard InChI is InChI=1S/C16H19ClFN5O6/c1-2-23-3-7(17)11(21-23)15(27)19-9-6-29-10(13(25)12(9)24)5-22-4-8(18)14(26)20-16(22)28/h3-4,9-10,12-13,24-25H,2,5-6H2,1H3,(H,19,27)(H,20,26,28)/t9-,10-,12+,13-/m1/s1. The van der Waals surface area contributed by atoms with E-state index in [4.69, 9.17) is 16.3 Å². The Morgan fingerprint density at radius 1 is 1.41 bits per heavy atom. The molecule has 1 aliphatic heterocycles. The van der Waals surface area contributed by atoms with Crippen LogP contribution in [0.25, 0.3) is 0 Å². The van der Waals surface area contributed by atoms with Crippen molar-refractivity contribution in [1.82, 2.24) is 24.6 Å². The molecule has 0 spiro atoms. The minimum absolute atomic E-state index is 0.0346. The van der Waals surface area contributed by atoms with E-state index in [-0.39, 0.29) is 23.9 Å². The summed E-state index contributed by atoms with van der Waals surface area (Å²) in [6.07, 6.45) is -1.85. The number of amides is 1. The lowest BCUT2D eigenvalue weighted by molar-refractivity contribution is -0.152. The topological polar surface area (TPSA) is 151 Å². The number of ether oxygens (including phenoxy) is 1. The maximum absolute atomic E-state index is 13.4. The summed E-state index contributed by atoms with van der Waals surface area (Å²) in [6, 6.07) is -0.972. The number of H-pyrrole nitrogens is 1. The van der Waals surface area contributed by atoms with E-state index in [1.54, 1.807) is 4.98 Å². The summed E-state index contributed by atoms with van der Waals surface area (Å²) < 4.78 is 21.1. The molecule has 0 aliphatic carbocycles. The second kappa shape index (κ2) is 8.45. The molecule has 158 valence electrons. The molecule has 0 saturated carbocycles. The van der Waals surface area contributed by atoms with E-state index in [1.165, 1.54) is 10.9 Å². The van der Waals surface area contributed by atoms with E-state index < -0.39 is 47.3 Å². The van der Waals surface area contributed by atoms with Crippen LogP contribution in [0.4, 0.5) is 4.39 Å². The van der Waals surface area contributed by atoms with E-state index >= 15 is 0 Å². The second-order valence-electron chi connectivity index (χ2n) is 6.50. The average Bonchev–Trinajstić information content (AvgIpc) is 3.06. The number of aromatic nitrogens is 4. The Morgan fingerprint density at radius 2 is 2.14 bits per heavy atom. The molecule has 3 heterocycles. The minimum atomic E-state index is -1.50.